The van der Waals surface area contributed by atoms with Crippen molar-refractivity contribution in [2.75, 3.05) is 0 Å². The SMILES string of the molecule is C1=C\C=C/CCCCCCCCCCCC/C=C\C=C/1. The lowest BCUT2D eigenvalue weighted by Gasteiger charge is -2.01. The van der Waals surface area contributed by atoms with E-state index in [1.165, 1.54) is 77.0 Å². The van der Waals surface area contributed by atoms with Crippen molar-refractivity contribution in [3.63, 3.8) is 0 Å². The van der Waals surface area contributed by atoms with Crippen LogP contribution in [-0.4, -0.2) is 0 Å². The van der Waals surface area contributed by atoms with Crippen molar-refractivity contribution in [1.82, 2.24) is 0 Å². The monoisotopic (exact) mass is 272 g/mol. The Morgan fingerprint density at radius 2 is 0.600 bits per heavy atom. The summed E-state index contributed by atoms with van der Waals surface area (Å²) < 4.78 is 0. The van der Waals surface area contributed by atoms with E-state index in [-0.39, 0.29) is 0 Å². The minimum absolute atomic E-state index is 1.23. The Bertz CT molecular complexity index is 272. The lowest BCUT2D eigenvalue weighted by Crippen LogP contribution is -1.82. The minimum Gasteiger partial charge on any atom is -0.0845 e. The van der Waals surface area contributed by atoms with Crippen LogP contribution in [-0.2, 0) is 0 Å². The molecule has 20 heavy (non-hydrogen) atoms. The van der Waals surface area contributed by atoms with E-state index in [9.17, 15) is 0 Å². The maximum atomic E-state index is 2.29. The van der Waals surface area contributed by atoms with Crippen LogP contribution in [0.1, 0.15) is 77.0 Å². The van der Waals surface area contributed by atoms with Gasteiger partial charge in [0.1, 0.15) is 0 Å². The maximum absolute atomic E-state index is 2.29. The van der Waals surface area contributed by atoms with Gasteiger partial charge in [-0.2, -0.15) is 0 Å². The van der Waals surface area contributed by atoms with Crippen LogP contribution in [0, 0.1) is 0 Å². The van der Waals surface area contributed by atoms with Crippen molar-refractivity contribution in [2.24, 2.45) is 0 Å². The standard InChI is InChI=1S/C20H32/c1-2-4-6-8-10-12-14-16-18-20-19-17-15-13-11-9-7-5-3-1/h1-8H,9-20H2/b3-1-,4-2-,7-5-,8-6-. The van der Waals surface area contributed by atoms with Gasteiger partial charge in [0.15, 0.2) is 0 Å². The second kappa shape index (κ2) is 14.4. The van der Waals surface area contributed by atoms with E-state index in [0.29, 0.717) is 0 Å². The maximum Gasteiger partial charge on any atom is -0.0348 e. The van der Waals surface area contributed by atoms with Crippen LogP contribution in [0.5, 0.6) is 0 Å². The molecular weight excluding hydrogens is 240 g/mol. The van der Waals surface area contributed by atoms with E-state index < -0.39 is 0 Å². The third kappa shape index (κ3) is 12.0. The molecule has 1 aliphatic rings. The molecule has 0 saturated heterocycles. The zero-order chi connectivity index (χ0) is 14.1. The van der Waals surface area contributed by atoms with Crippen molar-refractivity contribution < 1.29 is 0 Å². The van der Waals surface area contributed by atoms with Crippen LogP contribution in [0.15, 0.2) is 48.6 Å². The van der Waals surface area contributed by atoms with Gasteiger partial charge in [-0.25, -0.2) is 0 Å². The summed E-state index contributed by atoms with van der Waals surface area (Å²) in [6.07, 6.45) is 34.0. The summed E-state index contributed by atoms with van der Waals surface area (Å²) in [4.78, 5) is 0. The van der Waals surface area contributed by atoms with Gasteiger partial charge >= 0.3 is 0 Å². The van der Waals surface area contributed by atoms with Crippen LogP contribution in [0.25, 0.3) is 0 Å². The Kier molecular flexibility index (Phi) is 12.2. The molecule has 0 atom stereocenters. The van der Waals surface area contributed by atoms with E-state index in [1.54, 1.807) is 0 Å². The highest BCUT2D eigenvalue weighted by atomic mass is 14.0. The summed E-state index contributed by atoms with van der Waals surface area (Å²) in [6, 6.07) is 0. The van der Waals surface area contributed by atoms with E-state index >= 15 is 0 Å². The number of hydrogen-bond donors (Lipinski definition) is 0. The molecule has 0 fully saturated rings. The van der Waals surface area contributed by atoms with Gasteiger partial charge in [0.25, 0.3) is 0 Å². The largest absolute Gasteiger partial charge is 0.0845 e. The molecule has 0 nitrogen and oxygen atoms in total. The van der Waals surface area contributed by atoms with Crippen LogP contribution in [0.2, 0.25) is 0 Å². The zero-order valence-electron chi connectivity index (χ0n) is 13.1. The molecule has 0 heteroatoms. The van der Waals surface area contributed by atoms with Crippen LogP contribution in [0.4, 0.5) is 0 Å². The van der Waals surface area contributed by atoms with E-state index in [2.05, 4.69) is 48.6 Å². The highest BCUT2D eigenvalue weighted by Gasteiger charge is 1.92. The quantitative estimate of drug-likeness (QED) is 0.449. The first kappa shape index (κ1) is 17.0. The summed E-state index contributed by atoms with van der Waals surface area (Å²) in [5, 5.41) is 0. The molecule has 0 amide bonds. The van der Waals surface area contributed by atoms with E-state index in [0.717, 1.165) is 0 Å². The highest BCUT2D eigenvalue weighted by Crippen LogP contribution is 2.12. The molecule has 0 aromatic rings. The van der Waals surface area contributed by atoms with Gasteiger partial charge < -0.3 is 0 Å². The van der Waals surface area contributed by atoms with Gasteiger partial charge in [-0.1, -0.05) is 100.0 Å². The molecule has 0 spiro atoms. The second-order valence-corrected chi connectivity index (χ2v) is 5.74. The number of allylic oxidation sites excluding steroid dienone is 8. The lowest BCUT2D eigenvalue weighted by molar-refractivity contribution is 0.553. The van der Waals surface area contributed by atoms with Crippen molar-refractivity contribution in [1.29, 1.82) is 0 Å². The predicted octanol–water partition coefficient (Wildman–Crippen LogP) is 6.91. The predicted molar refractivity (Wildman–Crippen MR) is 92.0 cm³/mol. The lowest BCUT2D eigenvalue weighted by atomic mass is 10.0. The Hall–Kier alpha value is -1.04. The van der Waals surface area contributed by atoms with Crippen molar-refractivity contribution >= 4 is 0 Å². The molecular formula is C20H32. The molecule has 0 radical (unpaired) electrons. The van der Waals surface area contributed by atoms with Crippen LogP contribution < -0.4 is 0 Å². The van der Waals surface area contributed by atoms with Gasteiger partial charge in [-0.3, -0.25) is 0 Å². The molecule has 1 aliphatic carbocycles. The van der Waals surface area contributed by atoms with Gasteiger partial charge in [0.2, 0.25) is 0 Å². The molecule has 0 aromatic heterocycles. The van der Waals surface area contributed by atoms with Gasteiger partial charge in [-0.15, -0.1) is 0 Å². The third-order valence-electron chi connectivity index (χ3n) is 3.82. The Morgan fingerprint density at radius 3 is 1.00 bits per heavy atom. The Balaban J connectivity index is 2.24. The molecule has 112 valence electrons. The molecule has 0 saturated carbocycles. The molecule has 0 heterocycles. The first-order valence-electron chi connectivity index (χ1n) is 8.65. The highest BCUT2D eigenvalue weighted by molar-refractivity contribution is 5.15. The summed E-state index contributed by atoms with van der Waals surface area (Å²) in [7, 11) is 0. The average molecular weight is 272 g/mol. The fourth-order valence-electron chi connectivity index (χ4n) is 2.54. The summed E-state index contributed by atoms with van der Waals surface area (Å²) in [5.74, 6) is 0. The third-order valence-corrected chi connectivity index (χ3v) is 3.82. The Labute approximate surface area is 126 Å². The fourth-order valence-corrected chi connectivity index (χ4v) is 2.54. The van der Waals surface area contributed by atoms with Crippen LogP contribution in [0.3, 0.4) is 0 Å². The zero-order valence-corrected chi connectivity index (χ0v) is 13.1. The van der Waals surface area contributed by atoms with E-state index in [1.807, 2.05) is 0 Å². The van der Waals surface area contributed by atoms with Crippen molar-refractivity contribution in [3.05, 3.63) is 48.6 Å². The molecule has 0 unspecified atom stereocenters. The van der Waals surface area contributed by atoms with Gasteiger partial charge in [0, 0.05) is 0 Å². The molecule has 0 aliphatic heterocycles. The minimum atomic E-state index is 1.23. The number of rotatable bonds is 0. The van der Waals surface area contributed by atoms with Gasteiger partial charge in [0.05, 0.1) is 0 Å². The number of hydrogen-bond acceptors (Lipinski definition) is 0. The second-order valence-electron chi connectivity index (χ2n) is 5.74. The molecule has 1 rings (SSSR count). The summed E-state index contributed by atoms with van der Waals surface area (Å²) >= 11 is 0. The van der Waals surface area contributed by atoms with Crippen molar-refractivity contribution in [2.45, 2.75) is 77.0 Å². The van der Waals surface area contributed by atoms with Crippen LogP contribution >= 0.6 is 0 Å². The summed E-state index contributed by atoms with van der Waals surface area (Å²) in [6.45, 7) is 0. The molecule has 0 aromatic carbocycles. The normalized spacial score (nSPS) is 27.2. The topological polar surface area (TPSA) is 0 Å². The molecule has 0 N–H and O–H groups in total. The first-order valence-corrected chi connectivity index (χ1v) is 8.65. The summed E-state index contributed by atoms with van der Waals surface area (Å²) in [5.41, 5.74) is 0. The molecule has 0 bridgehead atoms. The van der Waals surface area contributed by atoms with Crippen molar-refractivity contribution in [3.8, 4) is 0 Å². The van der Waals surface area contributed by atoms with Gasteiger partial charge in [-0.05, 0) is 25.7 Å². The van der Waals surface area contributed by atoms with E-state index in [4.69, 9.17) is 0 Å². The first-order chi connectivity index (χ1) is 10.0. The average Bonchev–Trinajstić information content (AvgIpc) is 2.46. The fraction of sp³-hybridized carbons (Fsp3) is 0.600. The Morgan fingerprint density at radius 1 is 0.300 bits per heavy atom. The smallest absolute Gasteiger partial charge is 0.0348 e.